The van der Waals surface area contributed by atoms with Crippen molar-refractivity contribution in [2.45, 2.75) is 0 Å². The van der Waals surface area contributed by atoms with E-state index in [4.69, 9.17) is 15.1 Å². The molecule has 0 aliphatic carbocycles. The summed E-state index contributed by atoms with van der Waals surface area (Å²) >= 11 is 0. The molecule has 3 N–H and O–H groups in total. The first-order chi connectivity index (χ1) is 1.73. The minimum atomic E-state index is -2.17. The molecule has 0 aromatic carbocycles. The second-order valence-corrected chi connectivity index (χ2v) is 0.346. The Kier molecular flexibility index (Phi) is 51.6. The summed E-state index contributed by atoms with van der Waals surface area (Å²) in [5, 5.41) is 21.5. The van der Waals surface area contributed by atoms with E-state index in [1.165, 1.54) is 0 Å². The molecule has 0 radical (unpaired) electrons. The third-order valence-electron chi connectivity index (χ3n) is 0. The van der Waals surface area contributed by atoms with Crippen LogP contribution in [0.5, 0.6) is 0 Å². The fourth-order valence-electron chi connectivity index (χ4n) is 0. The van der Waals surface area contributed by atoms with Gasteiger partial charge in [-0.1, -0.05) is 0 Å². The Morgan fingerprint density at radius 2 is 0.857 bits per heavy atom. The monoisotopic (exact) mass is 380 g/mol. The van der Waals surface area contributed by atoms with Crippen molar-refractivity contribution in [3.05, 3.63) is 0 Å². The van der Waals surface area contributed by atoms with Gasteiger partial charge in [-0.05, 0) is 0 Å². The topological polar surface area (TPSA) is 60.7 Å². The molecule has 0 spiro atoms. The SMILES string of the molecule is OB(O)O.[I-].[I-].[Zn+2]. The molecule has 0 aliphatic rings. The van der Waals surface area contributed by atoms with Gasteiger partial charge in [0.1, 0.15) is 0 Å². The molecule has 0 heterocycles. The molecular formula is H3BI2O3Zn. The van der Waals surface area contributed by atoms with Crippen LogP contribution in [0.25, 0.3) is 0 Å². The molecule has 0 rings (SSSR count). The van der Waals surface area contributed by atoms with Gasteiger partial charge in [0.2, 0.25) is 0 Å². The maximum absolute atomic E-state index is 7.17. The van der Waals surface area contributed by atoms with Gasteiger partial charge >= 0.3 is 26.8 Å². The Hall–Kier alpha value is 2.03. The van der Waals surface area contributed by atoms with Gasteiger partial charge < -0.3 is 63.0 Å². The third kappa shape index (κ3) is 70.9. The minimum Gasteiger partial charge on any atom is -1.00 e. The number of rotatable bonds is 0. The predicted molar refractivity (Wildman–Crippen MR) is 12.4 cm³/mol. The quantitative estimate of drug-likeness (QED) is 0.289. The van der Waals surface area contributed by atoms with Crippen molar-refractivity contribution in [3.63, 3.8) is 0 Å². The largest absolute Gasteiger partial charge is 2.00 e. The van der Waals surface area contributed by atoms with Crippen LogP contribution in [-0.4, -0.2) is 22.4 Å². The Morgan fingerprint density at radius 1 is 0.857 bits per heavy atom. The smallest absolute Gasteiger partial charge is 1.00 e. The fraction of sp³-hybridized carbons (Fsp3) is 0. The Morgan fingerprint density at radius 3 is 0.857 bits per heavy atom. The summed E-state index contributed by atoms with van der Waals surface area (Å²) in [5.41, 5.74) is 0. The van der Waals surface area contributed by atoms with Crippen LogP contribution in [0.2, 0.25) is 0 Å². The molecule has 0 atom stereocenters. The summed E-state index contributed by atoms with van der Waals surface area (Å²) in [6.45, 7) is 0. The first-order valence-electron chi connectivity index (χ1n) is 0.775. The Balaban J connectivity index is -0.0000000150. The number of hydrogen-bond acceptors (Lipinski definition) is 3. The van der Waals surface area contributed by atoms with Gasteiger partial charge in [-0.25, -0.2) is 0 Å². The van der Waals surface area contributed by atoms with Crippen molar-refractivity contribution in [1.29, 1.82) is 0 Å². The number of halogens is 2. The normalized spacial score (nSPS) is 3.86. The average Bonchev–Trinajstić information content (AvgIpc) is 0.811. The van der Waals surface area contributed by atoms with Crippen molar-refractivity contribution in [1.82, 2.24) is 0 Å². The van der Waals surface area contributed by atoms with Crippen molar-refractivity contribution in [2.75, 3.05) is 0 Å². The molecule has 7 heavy (non-hydrogen) atoms. The van der Waals surface area contributed by atoms with Crippen molar-refractivity contribution in [2.24, 2.45) is 0 Å². The van der Waals surface area contributed by atoms with Gasteiger partial charge in [0, 0.05) is 0 Å². The molecule has 0 aromatic heterocycles. The summed E-state index contributed by atoms with van der Waals surface area (Å²) in [5.74, 6) is 0. The molecule has 7 heteroatoms. The van der Waals surface area contributed by atoms with Crippen LogP contribution in [0, 0.1) is 0 Å². The van der Waals surface area contributed by atoms with E-state index in [0.29, 0.717) is 0 Å². The van der Waals surface area contributed by atoms with Gasteiger partial charge in [-0.2, -0.15) is 0 Å². The van der Waals surface area contributed by atoms with Crippen LogP contribution in [0.15, 0.2) is 0 Å². The van der Waals surface area contributed by atoms with Crippen molar-refractivity contribution < 1.29 is 82.5 Å². The zero-order valence-electron chi connectivity index (χ0n) is 3.38. The predicted octanol–water partition coefficient (Wildman–Crippen LogP) is -8.05. The van der Waals surface area contributed by atoms with Gasteiger partial charge in [0.15, 0.2) is 0 Å². The fourth-order valence-corrected chi connectivity index (χ4v) is 0. The number of hydrogen-bond donors (Lipinski definition) is 3. The Labute approximate surface area is 88.9 Å². The molecule has 0 aromatic rings. The van der Waals surface area contributed by atoms with Crippen molar-refractivity contribution >= 4 is 7.32 Å². The molecule has 0 aliphatic heterocycles. The molecule has 0 fully saturated rings. The Bertz CT molecular complexity index is 17.7. The third-order valence-corrected chi connectivity index (χ3v) is 0. The maximum atomic E-state index is 7.17. The second kappa shape index (κ2) is 15.7. The molecular weight excluding hydrogens is 378 g/mol. The van der Waals surface area contributed by atoms with E-state index in [1.54, 1.807) is 0 Å². The van der Waals surface area contributed by atoms with Crippen LogP contribution in [0.1, 0.15) is 0 Å². The molecule has 3 nitrogen and oxygen atoms in total. The summed E-state index contributed by atoms with van der Waals surface area (Å²) in [6.07, 6.45) is 0. The van der Waals surface area contributed by atoms with E-state index < -0.39 is 7.32 Å². The van der Waals surface area contributed by atoms with Crippen LogP contribution in [0.4, 0.5) is 0 Å². The van der Waals surface area contributed by atoms with E-state index in [-0.39, 0.29) is 67.4 Å². The zero-order chi connectivity index (χ0) is 3.58. The average molecular weight is 381 g/mol. The van der Waals surface area contributed by atoms with Crippen LogP contribution in [0.3, 0.4) is 0 Å². The van der Waals surface area contributed by atoms with Crippen LogP contribution < -0.4 is 48.0 Å². The van der Waals surface area contributed by atoms with Crippen LogP contribution >= 0.6 is 0 Å². The van der Waals surface area contributed by atoms with E-state index in [2.05, 4.69) is 0 Å². The molecule has 0 bridgehead atoms. The summed E-state index contributed by atoms with van der Waals surface area (Å²) in [4.78, 5) is 0. The first-order valence-corrected chi connectivity index (χ1v) is 0.775. The first kappa shape index (κ1) is 23.0. The standard InChI is InChI=1S/BH3O3.2HI.Zn/c2-1(3)4;;;/h2-4H;2*1H;/q;;;+2/p-2. The minimum absolute atomic E-state index is 0. The molecule has 0 saturated carbocycles. The van der Waals surface area contributed by atoms with Gasteiger partial charge in [0.05, 0.1) is 0 Å². The van der Waals surface area contributed by atoms with Gasteiger partial charge in [0.25, 0.3) is 0 Å². The zero-order valence-corrected chi connectivity index (χ0v) is 10.7. The molecule has 0 saturated heterocycles. The summed E-state index contributed by atoms with van der Waals surface area (Å²) < 4.78 is 0. The molecule has 0 amide bonds. The molecule has 0 unspecified atom stereocenters. The molecule has 40 valence electrons. The van der Waals surface area contributed by atoms with E-state index in [0.717, 1.165) is 0 Å². The summed E-state index contributed by atoms with van der Waals surface area (Å²) in [6, 6.07) is 0. The maximum Gasteiger partial charge on any atom is 2.00 e. The van der Waals surface area contributed by atoms with Gasteiger partial charge in [-0.15, -0.1) is 0 Å². The van der Waals surface area contributed by atoms with Crippen LogP contribution in [-0.2, 0) is 19.5 Å². The van der Waals surface area contributed by atoms with Gasteiger partial charge in [-0.3, -0.25) is 0 Å². The van der Waals surface area contributed by atoms with Crippen molar-refractivity contribution in [3.8, 4) is 0 Å². The van der Waals surface area contributed by atoms with E-state index >= 15 is 0 Å². The van der Waals surface area contributed by atoms with E-state index in [9.17, 15) is 0 Å². The second-order valence-electron chi connectivity index (χ2n) is 0.346. The van der Waals surface area contributed by atoms with E-state index in [1.807, 2.05) is 0 Å². The summed E-state index contributed by atoms with van der Waals surface area (Å²) in [7, 11) is -2.17.